The van der Waals surface area contributed by atoms with Crippen molar-refractivity contribution in [3.8, 4) is 0 Å². The number of aliphatic imine (C=N–C) groups is 1. The number of carboxylic acid groups (broad SMARTS) is 1. The zero-order chi connectivity index (χ0) is 30.9. The minimum absolute atomic E-state index is 0.0186. The van der Waals surface area contributed by atoms with Crippen LogP contribution in [-0.2, 0) is 14.3 Å². The number of nitrogens with one attached hydrogen (secondary N) is 1. The van der Waals surface area contributed by atoms with Gasteiger partial charge in [-0.05, 0) is 24.6 Å². The maximum atomic E-state index is 14.1. The van der Waals surface area contributed by atoms with E-state index in [2.05, 4.69) is 15.4 Å². The maximum Gasteiger partial charge on any atom is 0.407 e. The van der Waals surface area contributed by atoms with Crippen molar-refractivity contribution in [3.05, 3.63) is 74.8 Å². The van der Waals surface area contributed by atoms with Crippen molar-refractivity contribution in [3.63, 3.8) is 0 Å². The minimum Gasteiger partial charge on any atom is -0.481 e. The Labute approximate surface area is 251 Å². The van der Waals surface area contributed by atoms with Crippen LogP contribution in [0.4, 0.5) is 18.0 Å². The van der Waals surface area contributed by atoms with Crippen LogP contribution in [0.1, 0.15) is 54.5 Å². The summed E-state index contributed by atoms with van der Waals surface area (Å²) in [4.78, 5) is 48.4. The number of amidine groups is 1. The molecule has 11 nitrogen and oxygen atoms in total. The molecule has 2 N–H and O–H groups in total. The normalized spacial score (nSPS) is 19.8. The van der Waals surface area contributed by atoms with Gasteiger partial charge in [0, 0.05) is 58.9 Å². The molecule has 1 fully saturated rings. The number of carboxylic acids is 1. The summed E-state index contributed by atoms with van der Waals surface area (Å²) < 4.78 is 46.6. The zero-order valence-electron chi connectivity index (χ0n) is 22.5. The first-order chi connectivity index (χ1) is 20.5. The molecule has 16 heteroatoms. The second-order valence-corrected chi connectivity index (χ2v) is 11.1. The number of carbonyl (C=O) groups is 3. The van der Waals surface area contributed by atoms with Crippen molar-refractivity contribution < 1.29 is 37.4 Å². The van der Waals surface area contributed by atoms with Gasteiger partial charge in [0.25, 0.3) is 0 Å². The fourth-order valence-corrected chi connectivity index (χ4v) is 6.13. The van der Waals surface area contributed by atoms with E-state index in [9.17, 15) is 27.6 Å². The molecule has 1 amide bonds. The highest BCUT2D eigenvalue weighted by atomic mass is 35.5. The lowest BCUT2D eigenvalue weighted by Crippen LogP contribution is -2.56. The second-order valence-electron chi connectivity index (χ2n) is 9.81. The van der Waals surface area contributed by atoms with Gasteiger partial charge >= 0.3 is 18.6 Å². The van der Waals surface area contributed by atoms with E-state index in [1.165, 1.54) is 29.5 Å². The number of halogens is 4. The van der Waals surface area contributed by atoms with Crippen LogP contribution in [-0.4, -0.2) is 67.6 Å². The number of hydrogen-bond donors (Lipinski definition) is 2. The predicted molar refractivity (Wildman–Crippen MR) is 149 cm³/mol. The van der Waals surface area contributed by atoms with Crippen molar-refractivity contribution in [2.24, 2.45) is 4.99 Å². The van der Waals surface area contributed by atoms with Crippen molar-refractivity contribution >= 4 is 52.2 Å². The van der Waals surface area contributed by atoms with Crippen molar-refractivity contribution in [1.82, 2.24) is 25.0 Å². The summed E-state index contributed by atoms with van der Waals surface area (Å²) in [5.74, 6) is -1.84. The van der Waals surface area contributed by atoms with Crippen LogP contribution in [0.15, 0.2) is 52.7 Å². The van der Waals surface area contributed by atoms with Crippen LogP contribution < -0.4 is 5.32 Å². The lowest BCUT2D eigenvalue weighted by atomic mass is 9.86. The molecule has 226 valence electrons. The van der Waals surface area contributed by atoms with E-state index in [1.807, 2.05) is 0 Å². The van der Waals surface area contributed by atoms with E-state index in [0.717, 1.165) is 19.4 Å². The molecular weight excluding hydrogens is 613 g/mol. The standard InChI is InChI=1S/C27H24ClF3N6O5S/c1-42-26(41)34-27(19(38)3-2-4-20(39)40)12-18-21(17-7-9-37(35-17)25(30)31)22(15-6-5-14(29)11-16(15)28)33-23(36(18)13-27)24-32-8-10-43-24/h5-11,22,25H,2-4,12-13H2,1H3,(H,34,41)(H,39,40)/t22-,27+/m0/s1. The summed E-state index contributed by atoms with van der Waals surface area (Å²) in [5, 5.41) is 18.0. The van der Waals surface area contributed by atoms with Gasteiger partial charge in [0.1, 0.15) is 17.4 Å². The third kappa shape index (κ3) is 5.99. The van der Waals surface area contributed by atoms with Crippen LogP contribution in [0.2, 0.25) is 5.02 Å². The molecule has 0 bridgehead atoms. The van der Waals surface area contributed by atoms with Gasteiger partial charge < -0.3 is 20.1 Å². The number of benzene rings is 1. The topological polar surface area (TPSA) is 139 Å². The van der Waals surface area contributed by atoms with Gasteiger partial charge in [0.05, 0.1) is 19.3 Å². The summed E-state index contributed by atoms with van der Waals surface area (Å²) in [6, 6.07) is 4.10. The Morgan fingerprint density at radius 2 is 2.07 bits per heavy atom. The predicted octanol–water partition coefficient (Wildman–Crippen LogP) is 5.06. The number of ketones is 1. The summed E-state index contributed by atoms with van der Waals surface area (Å²) in [6.07, 6.45) is 1.17. The summed E-state index contributed by atoms with van der Waals surface area (Å²) >= 11 is 7.74. The number of amides is 1. The molecule has 2 aliphatic rings. The number of fused-ring (bicyclic) bond motifs is 1. The highest BCUT2D eigenvalue weighted by molar-refractivity contribution is 7.11. The molecule has 0 spiro atoms. The largest absolute Gasteiger partial charge is 0.481 e. The van der Waals surface area contributed by atoms with Crippen LogP contribution in [0.25, 0.3) is 5.57 Å². The van der Waals surface area contributed by atoms with Crippen LogP contribution in [0, 0.1) is 5.82 Å². The molecule has 0 aliphatic carbocycles. The molecule has 2 aliphatic heterocycles. The number of carbonyl (C=O) groups excluding carboxylic acids is 2. The van der Waals surface area contributed by atoms with E-state index in [0.29, 0.717) is 32.4 Å². The van der Waals surface area contributed by atoms with E-state index in [1.54, 1.807) is 16.5 Å². The molecular formula is C27H24ClF3N6O5S. The van der Waals surface area contributed by atoms with Crippen molar-refractivity contribution in [2.75, 3.05) is 13.7 Å². The Morgan fingerprint density at radius 1 is 1.28 bits per heavy atom. The summed E-state index contributed by atoms with van der Waals surface area (Å²) in [5.41, 5.74) is -0.457. The van der Waals surface area contributed by atoms with Crippen molar-refractivity contribution in [2.45, 2.75) is 43.8 Å². The van der Waals surface area contributed by atoms with E-state index in [-0.39, 0.29) is 42.9 Å². The van der Waals surface area contributed by atoms with Crippen molar-refractivity contribution in [1.29, 1.82) is 0 Å². The van der Waals surface area contributed by atoms with E-state index < -0.39 is 41.8 Å². The molecule has 43 heavy (non-hydrogen) atoms. The average Bonchev–Trinajstić information content (AvgIpc) is 3.72. The minimum atomic E-state index is -2.94. The number of alkyl halides is 2. The zero-order valence-corrected chi connectivity index (χ0v) is 24.0. The lowest BCUT2D eigenvalue weighted by Gasteiger charge is -2.32. The first-order valence-electron chi connectivity index (χ1n) is 12.9. The van der Waals surface area contributed by atoms with E-state index in [4.69, 9.17) is 26.4 Å². The number of aliphatic carboxylic acids is 1. The number of ether oxygens (including phenoxy) is 1. The molecule has 1 aromatic carbocycles. The molecule has 2 aromatic heterocycles. The van der Waals surface area contributed by atoms with Gasteiger partial charge in [-0.2, -0.15) is 13.9 Å². The Morgan fingerprint density at radius 3 is 2.70 bits per heavy atom. The Kier molecular flexibility index (Phi) is 8.55. The van der Waals surface area contributed by atoms with Gasteiger partial charge in [-0.3, -0.25) is 14.6 Å². The molecule has 2 atom stereocenters. The molecule has 0 radical (unpaired) electrons. The Hall–Kier alpha value is -4.24. The number of aromatic nitrogens is 3. The second kappa shape index (κ2) is 12.2. The van der Waals surface area contributed by atoms with Crippen LogP contribution in [0.3, 0.4) is 0 Å². The number of methoxy groups -OCH3 is 1. The number of thiazole rings is 1. The number of hydrogen-bond acceptors (Lipinski definition) is 9. The first kappa shape index (κ1) is 30.2. The molecule has 0 saturated carbocycles. The molecule has 3 aromatic rings. The molecule has 5 rings (SSSR count). The number of Topliss-reactive ketones (excluding diaryl/α,β-unsaturated/α-hetero) is 1. The third-order valence-electron chi connectivity index (χ3n) is 7.13. The monoisotopic (exact) mass is 636 g/mol. The number of alkyl carbamates (subject to hydrolysis) is 1. The summed E-state index contributed by atoms with van der Waals surface area (Å²) in [7, 11) is 1.14. The number of rotatable bonds is 10. The highest BCUT2D eigenvalue weighted by Crippen LogP contribution is 2.48. The van der Waals surface area contributed by atoms with Crippen LogP contribution in [0.5, 0.6) is 0 Å². The maximum absolute atomic E-state index is 14.1. The number of nitrogens with zero attached hydrogens (tertiary/aromatic N) is 5. The first-order valence-corrected chi connectivity index (χ1v) is 14.2. The molecule has 0 unspecified atom stereocenters. The van der Waals surface area contributed by atoms with Gasteiger partial charge in [-0.1, -0.05) is 17.7 Å². The molecule has 1 saturated heterocycles. The smallest absolute Gasteiger partial charge is 0.407 e. The highest BCUT2D eigenvalue weighted by Gasteiger charge is 2.52. The van der Waals surface area contributed by atoms with Gasteiger partial charge in [-0.25, -0.2) is 18.9 Å². The fourth-order valence-electron chi connectivity index (χ4n) is 5.22. The van der Waals surface area contributed by atoms with Gasteiger partial charge in [0.2, 0.25) is 0 Å². The van der Waals surface area contributed by atoms with E-state index >= 15 is 0 Å². The van der Waals surface area contributed by atoms with Gasteiger partial charge in [-0.15, -0.1) is 11.3 Å². The molecule has 4 heterocycles. The lowest BCUT2D eigenvalue weighted by molar-refractivity contribution is -0.137. The Balaban J connectivity index is 1.72. The fraction of sp³-hybridized carbons (Fsp3) is 0.333. The Bertz CT molecular complexity index is 1630. The van der Waals surface area contributed by atoms with Gasteiger partial charge in [0.15, 0.2) is 16.6 Å². The summed E-state index contributed by atoms with van der Waals surface area (Å²) in [6.45, 7) is -3.09. The third-order valence-corrected chi connectivity index (χ3v) is 8.23. The average molecular weight is 637 g/mol. The quantitative estimate of drug-likeness (QED) is 0.315. The van der Waals surface area contributed by atoms with Crippen LogP contribution >= 0.6 is 22.9 Å². The SMILES string of the molecule is COC(=O)N[C@]1(C(=O)CCCC(=O)O)CC2=C(c3ccn(C(F)F)n3)[C@H](c3ccc(F)cc3Cl)N=C(c3nccs3)N2C1.